The average molecular weight is 417 g/mol. The number of aromatic hydroxyl groups is 1. The Labute approximate surface area is 172 Å². The highest BCUT2D eigenvalue weighted by atomic mass is 35.5. The van der Waals surface area contributed by atoms with Crippen molar-refractivity contribution in [1.82, 2.24) is 14.7 Å². The summed E-state index contributed by atoms with van der Waals surface area (Å²) < 4.78 is 1.64. The number of carbonyl (C=O) groups excluding carboxylic acids is 1. The largest absolute Gasteiger partial charge is 0.508 e. The molecule has 0 atom stereocenters. The van der Waals surface area contributed by atoms with Gasteiger partial charge in [0.15, 0.2) is 5.82 Å². The normalized spacial score (nSPS) is 15.6. The first-order valence-corrected chi connectivity index (χ1v) is 10.4. The maximum atomic E-state index is 13.3. The molecule has 3 aromatic rings. The Morgan fingerprint density at radius 2 is 2.07 bits per heavy atom. The van der Waals surface area contributed by atoms with Crippen LogP contribution in [0.3, 0.4) is 0 Å². The Kier molecular flexibility index (Phi) is 5.39. The number of phenolic OH excluding ortho intramolecular Hbond substituents is 1. The summed E-state index contributed by atoms with van der Waals surface area (Å²) in [6, 6.07) is 10.4. The molecule has 4 rings (SSSR count). The Bertz CT molecular complexity index is 965. The number of aromatic nitrogens is 2. The lowest BCUT2D eigenvalue weighted by atomic mass is 10.0. The van der Waals surface area contributed by atoms with Crippen molar-refractivity contribution in [3.8, 4) is 11.4 Å². The third-order valence-corrected chi connectivity index (χ3v) is 6.16. The number of piperidine rings is 1. The lowest BCUT2D eigenvalue weighted by Crippen LogP contribution is -2.47. The Balaban J connectivity index is 1.68. The molecule has 28 heavy (non-hydrogen) atoms. The van der Waals surface area contributed by atoms with Crippen LogP contribution in [0.15, 0.2) is 48.0 Å². The molecule has 3 heterocycles. The van der Waals surface area contributed by atoms with E-state index < -0.39 is 0 Å². The SMILES string of the molecule is CN1CCC(N(C(=O)c2cccs2)c2ccn(-c3ccc(O)cc3Cl)n2)CC1. The summed E-state index contributed by atoms with van der Waals surface area (Å²) in [5.74, 6) is 0.686. The predicted molar refractivity (Wildman–Crippen MR) is 112 cm³/mol. The van der Waals surface area contributed by atoms with Gasteiger partial charge in [-0.1, -0.05) is 17.7 Å². The molecular formula is C20H21ClN4O2S. The average Bonchev–Trinajstić information content (AvgIpc) is 3.36. The fourth-order valence-corrected chi connectivity index (χ4v) is 4.41. The minimum Gasteiger partial charge on any atom is -0.508 e. The van der Waals surface area contributed by atoms with Gasteiger partial charge in [0.05, 0.1) is 15.6 Å². The Hall–Kier alpha value is -2.35. The van der Waals surface area contributed by atoms with Gasteiger partial charge in [0.1, 0.15) is 5.75 Å². The van der Waals surface area contributed by atoms with E-state index >= 15 is 0 Å². The molecule has 0 radical (unpaired) electrons. The van der Waals surface area contributed by atoms with Gasteiger partial charge in [-0.15, -0.1) is 16.4 Å². The minimum atomic E-state index is -0.0217. The van der Waals surface area contributed by atoms with E-state index in [1.165, 1.54) is 17.4 Å². The molecule has 8 heteroatoms. The van der Waals surface area contributed by atoms with Crippen LogP contribution >= 0.6 is 22.9 Å². The summed E-state index contributed by atoms with van der Waals surface area (Å²) in [7, 11) is 2.10. The van der Waals surface area contributed by atoms with Crippen molar-refractivity contribution in [2.45, 2.75) is 18.9 Å². The number of phenols is 1. The first-order chi connectivity index (χ1) is 13.5. The van der Waals surface area contributed by atoms with Crippen molar-refractivity contribution < 1.29 is 9.90 Å². The molecule has 146 valence electrons. The summed E-state index contributed by atoms with van der Waals surface area (Å²) in [4.78, 5) is 18.1. The molecule has 0 aliphatic carbocycles. The second-order valence-corrected chi connectivity index (χ2v) is 8.30. The maximum Gasteiger partial charge on any atom is 0.269 e. The van der Waals surface area contributed by atoms with Crippen molar-refractivity contribution in [3.63, 3.8) is 0 Å². The number of hydrogen-bond acceptors (Lipinski definition) is 5. The molecule has 1 fully saturated rings. The highest BCUT2D eigenvalue weighted by Gasteiger charge is 2.31. The van der Waals surface area contributed by atoms with Crippen LogP contribution in [0.25, 0.3) is 5.69 Å². The van der Waals surface area contributed by atoms with Gasteiger partial charge >= 0.3 is 0 Å². The van der Waals surface area contributed by atoms with Gasteiger partial charge in [-0.25, -0.2) is 4.68 Å². The highest BCUT2D eigenvalue weighted by molar-refractivity contribution is 7.12. The third kappa shape index (κ3) is 3.78. The number of hydrogen-bond donors (Lipinski definition) is 1. The molecule has 0 spiro atoms. The second-order valence-electron chi connectivity index (χ2n) is 6.94. The van der Waals surface area contributed by atoms with Gasteiger partial charge in [0.25, 0.3) is 5.91 Å². The fraction of sp³-hybridized carbons (Fsp3) is 0.300. The monoisotopic (exact) mass is 416 g/mol. The van der Waals surface area contributed by atoms with Crippen LogP contribution in [0.4, 0.5) is 5.82 Å². The molecule has 0 unspecified atom stereocenters. The summed E-state index contributed by atoms with van der Waals surface area (Å²) in [6.07, 6.45) is 3.60. The summed E-state index contributed by atoms with van der Waals surface area (Å²) in [6.45, 7) is 1.90. The third-order valence-electron chi connectivity index (χ3n) is 5.00. The van der Waals surface area contributed by atoms with Crippen LogP contribution < -0.4 is 4.90 Å². The Morgan fingerprint density at radius 1 is 1.29 bits per heavy atom. The van der Waals surface area contributed by atoms with E-state index in [0.717, 1.165) is 25.9 Å². The molecule has 1 aromatic carbocycles. The maximum absolute atomic E-state index is 13.3. The van der Waals surface area contributed by atoms with E-state index in [4.69, 9.17) is 11.6 Å². The van der Waals surface area contributed by atoms with Crippen LogP contribution in [0.1, 0.15) is 22.5 Å². The first-order valence-electron chi connectivity index (χ1n) is 9.13. The van der Waals surface area contributed by atoms with E-state index in [1.807, 2.05) is 28.5 Å². The molecular weight excluding hydrogens is 396 g/mol. The zero-order valence-corrected chi connectivity index (χ0v) is 17.0. The molecule has 6 nitrogen and oxygen atoms in total. The Morgan fingerprint density at radius 3 is 2.75 bits per heavy atom. The summed E-state index contributed by atoms with van der Waals surface area (Å²) >= 11 is 7.70. The van der Waals surface area contributed by atoms with Gasteiger partial charge in [0, 0.05) is 24.4 Å². The number of benzene rings is 1. The van der Waals surface area contributed by atoms with E-state index in [0.29, 0.717) is 21.4 Å². The van der Waals surface area contributed by atoms with Crippen LogP contribution in [-0.2, 0) is 0 Å². The molecule has 1 N–H and O–H groups in total. The fourth-order valence-electron chi connectivity index (χ4n) is 3.49. The van der Waals surface area contributed by atoms with Gasteiger partial charge in [-0.3, -0.25) is 9.69 Å². The number of likely N-dealkylation sites (tertiary alicyclic amines) is 1. The van der Waals surface area contributed by atoms with Gasteiger partial charge in [0.2, 0.25) is 0 Å². The number of amides is 1. The molecule has 1 aliphatic rings. The smallest absolute Gasteiger partial charge is 0.269 e. The van der Waals surface area contributed by atoms with Crippen molar-refractivity contribution in [2.24, 2.45) is 0 Å². The number of thiophene rings is 1. The van der Waals surface area contributed by atoms with E-state index in [1.54, 1.807) is 23.0 Å². The van der Waals surface area contributed by atoms with E-state index in [9.17, 15) is 9.90 Å². The number of anilines is 1. The van der Waals surface area contributed by atoms with Crippen molar-refractivity contribution in [2.75, 3.05) is 25.0 Å². The molecule has 1 amide bonds. The van der Waals surface area contributed by atoms with Crippen LogP contribution in [0.2, 0.25) is 5.02 Å². The topological polar surface area (TPSA) is 61.6 Å². The quantitative estimate of drug-likeness (QED) is 0.697. The van der Waals surface area contributed by atoms with Gasteiger partial charge < -0.3 is 10.0 Å². The van der Waals surface area contributed by atoms with E-state index in [2.05, 4.69) is 17.0 Å². The van der Waals surface area contributed by atoms with Crippen molar-refractivity contribution in [3.05, 3.63) is 57.9 Å². The van der Waals surface area contributed by atoms with Crippen LogP contribution in [0.5, 0.6) is 5.75 Å². The lowest BCUT2D eigenvalue weighted by molar-refractivity contribution is 0.0966. The zero-order valence-electron chi connectivity index (χ0n) is 15.5. The minimum absolute atomic E-state index is 0.0217. The van der Waals surface area contributed by atoms with E-state index in [-0.39, 0.29) is 17.7 Å². The van der Waals surface area contributed by atoms with Gasteiger partial charge in [-0.2, -0.15) is 0 Å². The zero-order chi connectivity index (χ0) is 19.7. The molecule has 0 bridgehead atoms. The summed E-state index contributed by atoms with van der Waals surface area (Å²) in [5, 5.41) is 16.5. The number of nitrogens with zero attached hydrogens (tertiary/aromatic N) is 4. The molecule has 2 aromatic heterocycles. The van der Waals surface area contributed by atoms with Crippen molar-refractivity contribution >= 4 is 34.7 Å². The molecule has 1 aliphatic heterocycles. The van der Waals surface area contributed by atoms with Crippen LogP contribution in [-0.4, -0.2) is 51.9 Å². The van der Waals surface area contributed by atoms with Crippen molar-refractivity contribution in [1.29, 1.82) is 0 Å². The highest BCUT2D eigenvalue weighted by Crippen LogP contribution is 2.29. The standard InChI is InChI=1S/C20H21ClN4O2S/c1-23-9-6-14(7-10-23)25(20(27)18-3-2-12-28-18)19-8-11-24(22-19)17-5-4-15(26)13-16(17)21/h2-5,8,11-14,26H,6-7,9-10H2,1H3. The first kappa shape index (κ1) is 19.0. The molecule has 1 saturated heterocycles. The molecule has 0 saturated carbocycles. The number of halogens is 1. The summed E-state index contributed by atoms with van der Waals surface area (Å²) in [5.41, 5.74) is 0.651. The van der Waals surface area contributed by atoms with Crippen LogP contribution in [0, 0.1) is 0 Å². The number of carbonyl (C=O) groups is 1. The predicted octanol–water partition coefficient (Wildman–Crippen LogP) is 4.03. The second kappa shape index (κ2) is 7.95. The number of rotatable bonds is 4. The van der Waals surface area contributed by atoms with Gasteiger partial charge in [-0.05, 0) is 56.6 Å². The lowest BCUT2D eigenvalue weighted by Gasteiger charge is -2.36.